The molecule has 0 unspecified atom stereocenters. The fourth-order valence-electron chi connectivity index (χ4n) is 3.32. The van der Waals surface area contributed by atoms with Gasteiger partial charge in [0.2, 0.25) is 0 Å². The Bertz CT molecular complexity index is 649. The Kier molecular flexibility index (Phi) is 13.9. The van der Waals surface area contributed by atoms with Gasteiger partial charge in [-0.3, -0.25) is 9.59 Å². The summed E-state index contributed by atoms with van der Waals surface area (Å²) < 4.78 is 11.2. The second-order valence-corrected chi connectivity index (χ2v) is 9.47. The number of hydrogen-bond acceptors (Lipinski definition) is 4. The lowest BCUT2D eigenvalue weighted by Crippen LogP contribution is -2.13. The summed E-state index contributed by atoms with van der Waals surface area (Å²) in [5.41, 5.74) is 1.11. The van der Waals surface area contributed by atoms with Crippen LogP contribution >= 0.6 is 0 Å². The average molecular weight is 433 g/mol. The molecule has 0 spiro atoms. The molecule has 0 aliphatic carbocycles. The van der Waals surface area contributed by atoms with Crippen LogP contribution in [0.5, 0.6) is 11.5 Å². The Morgan fingerprint density at radius 1 is 0.742 bits per heavy atom. The molecule has 0 amide bonds. The van der Waals surface area contributed by atoms with Crippen molar-refractivity contribution in [2.45, 2.75) is 112 Å². The van der Waals surface area contributed by atoms with Gasteiger partial charge in [-0.25, -0.2) is 0 Å². The van der Waals surface area contributed by atoms with Gasteiger partial charge in [-0.2, -0.15) is 0 Å². The summed E-state index contributed by atoms with van der Waals surface area (Å²) in [6, 6.07) is 5.62. The minimum Gasteiger partial charge on any atom is -0.423 e. The van der Waals surface area contributed by atoms with Crippen molar-refractivity contribution in [1.29, 1.82) is 0 Å². The maximum Gasteiger partial charge on any atom is 0.311 e. The number of esters is 2. The van der Waals surface area contributed by atoms with Crippen LogP contribution in [0.15, 0.2) is 18.2 Å². The molecule has 4 heteroatoms. The number of carbonyl (C=O) groups excluding carboxylic acids is 2. The van der Waals surface area contributed by atoms with E-state index in [4.69, 9.17) is 9.47 Å². The first-order valence-corrected chi connectivity index (χ1v) is 12.4. The van der Waals surface area contributed by atoms with Crippen molar-refractivity contribution in [1.82, 2.24) is 0 Å². The van der Waals surface area contributed by atoms with E-state index in [1.165, 1.54) is 38.5 Å². The van der Waals surface area contributed by atoms with Crippen LogP contribution in [0, 0.1) is 11.8 Å². The normalized spacial score (nSPS) is 11.2. The van der Waals surface area contributed by atoms with Gasteiger partial charge in [0.1, 0.15) is 0 Å². The van der Waals surface area contributed by atoms with E-state index in [1.54, 1.807) is 6.07 Å². The minimum absolute atomic E-state index is 0.277. The van der Waals surface area contributed by atoms with E-state index < -0.39 is 0 Å². The molecule has 31 heavy (non-hydrogen) atoms. The number of carbonyl (C=O) groups is 2. The molecular formula is C27H44O4. The first-order valence-electron chi connectivity index (χ1n) is 12.4. The lowest BCUT2D eigenvalue weighted by Gasteiger charge is -2.13. The number of ether oxygens (including phenoxy) is 2. The monoisotopic (exact) mass is 432 g/mol. The Labute approximate surface area is 190 Å². The number of unbranched alkanes of at least 4 members (excludes halogenated alkanes) is 6. The molecule has 0 saturated carbocycles. The number of hydrogen-bond donors (Lipinski definition) is 0. The average Bonchev–Trinajstić information content (AvgIpc) is 2.71. The lowest BCUT2D eigenvalue weighted by molar-refractivity contribution is -0.137. The Balaban J connectivity index is 2.72. The fourth-order valence-corrected chi connectivity index (χ4v) is 3.32. The van der Waals surface area contributed by atoms with E-state index >= 15 is 0 Å². The predicted octanol–water partition coefficient (Wildman–Crippen LogP) is 7.66. The van der Waals surface area contributed by atoms with Gasteiger partial charge >= 0.3 is 11.9 Å². The highest BCUT2D eigenvalue weighted by atomic mass is 16.6. The van der Waals surface area contributed by atoms with Gasteiger partial charge in [0.05, 0.1) is 0 Å². The third-order valence-corrected chi connectivity index (χ3v) is 5.38. The van der Waals surface area contributed by atoms with Crippen LogP contribution in [-0.4, -0.2) is 11.9 Å². The number of rotatable bonds is 16. The molecule has 1 aromatic rings. The van der Waals surface area contributed by atoms with E-state index in [2.05, 4.69) is 34.6 Å². The van der Waals surface area contributed by atoms with Crippen LogP contribution in [0.2, 0.25) is 0 Å². The fraction of sp³-hybridized carbons (Fsp3) is 0.704. The van der Waals surface area contributed by atoms with Crippen LogP contribution in [0.25, 0.3) is 0 Å². The molecule has 0 aliphatic heterocycles. The highest BCUT2D eigenvalue weighted by Crippen LogP contribution is 2.30. The molecule has 0 aromatic heterocycles. The summed E-state index contributed by atoms with van der Waals surface area (Å²) >= 11 is 0. The summed E-state index contributed by atoms with van der Waals surface area (Å²) in [4.78, 5) is 24.5. The zero-order chi connectivity index (χ0) is 23.1. The van der Waals surface area contributed by atoms with Crippen LogP contribution in [-0.2, 0) is 16.0 Å². The zero-order valence-electron chi connectivity index (χ0n) is 20.5. The first kappa shape index (κ1) is 27.2. The van der Waals surface area contributed by atoms with Crippen molar-refractivity contribution >= 4 is 11.9 Å². The largest absolute Gasteiger partial charge is 0.423 e. The van der Waals surface area contributed by atoms with Crippen molar-refractivity contribution < 1.29 is 19.1 Å². The molecule has 1 rings (SSSR count). The van der Waals surface area contributed by atoms with Gasteiger partial charge in [0, 0.05) is 12.8 Å². The number of benzene rings is 1. The van der Waals surface area contributed by atoms with Crippen molar-refractivity contribution in [3.63, 3.8) is 0 Å². The van der Waals surface area contributed by atoms with E-state index in [1.807, 2.05) is 12.1 Å². The van der Waals surface area contributed by atoms with Crippen molar-refractivity contribution in [3.05, 3.63) is 23.8 Å². The zero-order valence-corrected chi connectivity index (χ0v) is 20.5. The second-order valence-electron chi connectivity index (χ2n) is 9.47. The van der Waals surface area contributed by atoms with E-state index in [0.717, 1.165) is 31.2 Å². The standard InChI is InChI=1S/C27H44O4/c1-6-7-8-9-10-11-12-13-23-16-17-24(30-26(28)18-14-21(2)3)25(20-23)31-27(29)19-15-22(4)5/h16-17,20-22H,6-15,18-19H2,1-5H3. The maximum atomic E-state index is 12.3. The Morgan fingerprint density at radius 2 is 1.26 bits per heavy atom. The van der Waals surface area contributed by atoms with E-state index in [9.17, 15) is 9.59 Å². The maximum absolute atomic E-state index is 12.3. The molecule has 0 atom stereocenters. The summed E-state index contributed by atoms with van der Waals surface area (Å²) in [5, 5.41) is 0. The van der Waals surface area contributed by atoms with Gasteiger partial charge in [-0.1, -0.05) is 79.2 Å². The Morgan fingerprint density at radius 3 is 1.81 bits per heavy atom. The molecule has 176 valence electrons. The van der Waals surface area contributed by atoms with Gasteiger partial charge in [-0.05, 0) is 55.2 Å². The molecule has 0 bridgehead atoms. The molecule has 0 fully saturated rings. The third-order valence-electron chi connectivity index (χ3n) is 5.38. The molecule has 0 N–H and O–H groups in total. The predicted molar refractivity (Wildman–Crippen MR) is 128 cm³/mol. The van der Waals surface area contributed by atoms with Crippen LogP contribution in [0.3, 0.4) is 0 Å². The minimum atomic E-state index is -0.284. The highest BCUT2D eigenvalue weighted by molar-refractivity contribution is 5.76. The van der Waals surface area contributed by atoms with Crippen LogP contribution in [0.1, 0.15) is 111 Å². The Hall–Kier alpha value is -1.84. The SMILES string of the molecule is CCCCCCCCCc1ccc(OC(=O)CCC(C)C)c(OC(=O)CCC(C)C)c1. The van der Waals surface area contributed by atoms with Crippen molar-refractivity contribution in [2.24, 2.45) is 11.8 Å². The number of aryl methyl sites for hydroxylation is 1. The summed E-state index contributed by atoms with van der Waals surface area (Å²) in [6.07, 6.45) is 12.0. The van der Waals surface area contributed by atoms with Gasteiger partial charge in [-0.15, -0.1) is 0 Å². The molecule has 0 heterocycles. The van der Waals surface area contributed by atoms with E-state index in [-0.39, 0.29) is 11.9 Å². The quantitative estimate of drug-likeness (QED) is 0.153. The molecule has 0 saturated heterocycles. The molecule has 0 aliphatic rings. The summed E-state index contributed by atoms with van der Waals surface area (Å²) in [5.74, 6) is 1.02. The van der Waals surface area contributed by atoms with Gasteiger partial charge in [0.15, 0.2) is 11.5 Å². The second kappa shape index (κ2) is 15.9. The molecule has 4 nitrogen and oxygen atoms in total. The highest BCUT2D eigenvalue weighted by Gasteiger charge is 2.15. The molecular weight excluding hydrogens is 388 g/mol. The van der Waals surface area contributed by atoms with Crippen LogP contribution in [0.4, 0.5) is 0 Å². The first-order chi connectivity index (χ1) is 14.8. The lowest BCUT2D eigenvalue weighted by atomic mass is 10.0. The van der Waals surface area contributed by atoms with E-state index in [0.29, 0.717) is 36.2 Å². The third kappa shape index (κ3) is 13.2. The van der Waals surface area contributed by atoms with Gasteiger partial charge < -0.3 is 9.47 Å². The van der Waals surface area contributed by atoms with Crippen molar-refractivity contribution in [3.8, 4) is 11.5 Å². The van der Waals surface area contributed by atoms with Crippen LogP contribution < -0.4 is 9.47 Å². The van der Waals surface area contributed by atoms with Crippen molar-refractivity contribution in [2.75, 3.05) is 0 Å². The van der Waals surface area contributed by atoms with Gasteiger partial charge in [0.25, 0.3) is 0 Å². The summed E-state index contributed by atoms with van der Waals surface area (Å²) in [6.45, 7) is 10.6. The molecule has 0 radical (unpaired) electrons. The smallest absolute Gasteiger partial charge is 0.311 e. The topological polar surface area (TPSA) is 52.6 Å². The summed E-state index contributed by atoms with van der Waals surface area (Å²) in [7, 11) is 0. The molecule has 1 aromatic carbocycles.